The van der Waals surface area contributed by atoms with Gasteiger partial charge >= 0.3 is 0 Å². The Morgan fingerprint density at radius 2 is 2.15 bits per heavy atom. The SMILES string of the molecule is COc1cccc(CSc2nc(N)c3ccsc3n2)n1. The van der Waals surface area contributed by atoms with Crippen LogP contribution in [0.15, 0.2) is 34.8 Å². The van der Waals surface area contributed by atoms with E-state index in [1.807, 2.05) is 29.6 Å². The Labute approximate surface area is 124 Å². The molecule has 0 aliphatic rings. The van der Waals surface area contributed by atoms with Gasteiger partial charge in [0.05, 0.1) is 18.2 Å². The minimum Gasteiger partial charge on any atom is -0.481 e. The average molecular weight is 304 g/mol. The fraction of sp³-hybridized carbons (Fsp3) is 0.154. The van der Waals surface area contributed by atoms with Crippen LogP contribution in [-0.2, 0) is 5.75 Å². The first kappa shape index (κ1) is 13.1. The predicted octanol–water partition coefficient (Wildman–Crippen LogP) is 2.97. The first-order chi connectivity index (χ1) is 9.76. The Kier molecular flexibility index (Phi) is 3.70. The van der Waals surface area contributed by atoms with Gasteiger partial charge in [0.15, 0.2) is 5.16 Å². The third-order valence-corrected chi connectivity index (χ3v) is 4.36. The Balaban J connectivity index is 1.79. The van der Waals surface area contributed by atoms with Crippen LogP contribution in [0.2, 0.25) is 0 Å². The van der Waals surface area contributed by atoms with Gasteiger partial charge in [0.25, 0.3) is 0 Å². The largest absolute Gasteiger partial charge is 0.481 e. The summed E-state index contributed by atoms with van der Waals surface area (Å²) in [6.07, 6.45) is 0. The third kappa shape index (κ3) is 2.68. The number of rotatable bonds is 4. The smallest absolute Gasteiger partial charge is 0.213 e. The quantitative estimate of drug-likeness (QED) is 0.590. The maximum Gasteiger partial charge on any atom is 0.213 e. The number of hydrogen-bond donors (Lipinski definition) is 1. The average Bonchev–Trinajstić information content (AvgIpc) is 2.94. The molecule has 0 atom stereocenters. The van der Waals surface area contributed by atoms with E-state index < -0.39 is 0 Å². The standard InChI is InChI=1S/C13H12N4OS2/c1-18-10-4-2-3-8(15-10)7-20-13-16-11(14)9-5-6-19-12(9)17-13/h2-6H,7H2,1H3,(H2,14,16,17). The fourth-order valence-electron chi connectivity index (χ4n) is 1.71. The molecule has 0 radical (unpaired) electrons. The first-order valence-corrected chi connectivity index (χ1v) is 7.76. The van der Waals surface area contributed by atoms with Gasteiger partial charge in [-0.3, -0.25) is 0 Å². The van der Waals surface area contributed by atoms with Crippen molar-refractivity contribution >= 4 is 39.1 Å². The number of anilines is 1. The molecule has 0 amide bonds. The summed E-state index contributed by atoms with van der Waals surface area (Å²) in [5.74, 6) is 1.81. The zero-order chi connectivity index (χ0) is 13.9. The number of pyridine rings is 1. The maximum absolute atomic E-state index is 5.92. The molecule has 3 aromatic rings. The lowest BCUT2D eigenvalue weighted by atomic mass is 10.4. The van der Waals surface area contributed by atoms with Gasteiger partial charge in [0.2, 0.25) is 5.88 Å². The van der Waals surface area contributed by atoms with Crippen molar-refractivity contribution < 1.29 is 4.74 Å². The molecule has 3 heterocycles. The molecule has 0 fully saturated rings. The molecule has 0 aliphatic carbocycles. The minimum absolute atomic E-state index is 0.525. The van der Waals surface area contributed by atoms with Gasteiger partial charge in [-0.1, -0.05) is 17.8 Å². The van der Waals surface area contributed by atoms with E-state index in [0.29, 0.717) is 22.6 Å². The highest BCUT2D eigenvalue weighted by molar-refractivity contribution is 7.98. The van der Waals surface area contributed by atoms with Crippen molar-refractivity contribution in [1.29, 1.82) is 0 Å². The van der Waals surface area contributed by atoms with Crippen molar-refractivity contribution in [1.82, 2.24) is 15.0 Å². The molecule has 0 saturated carbocycles. The van der Waals surface area contributed by atoms with E-state index in [1.165, 1.54) is 11.8 Å². The predicted molar refractivity (Wildman–Crippen MR) is 82.2 cm³/mol. The van der Waals surface area contributed by atoms with Gasteiger partial charge in [-0.25, -0.2) is 15.0 Å². The Hall–Kier alpha value is -1.86. The van der Waals surface area contributed by atoms with E-state index in [0.717, 1.165) is 15.9 Å². The van der Waals surface area contributed by atoms with Crippen LogP contribution in [0.1, 0.15) is 5.69 Å². The maximum atomic E-state index is 5.92. The van der Waals surface area contributed by atoms with Crippen molar-refractivity contribution in [2.24, 2.45) is 0 Å². The topological polar surface area (TPSA) is 73.9 Å². The number of thioether (sulfide) groups is 1. The van der Waals surface area contributed by atoms with Gasteiger partial charge in [-0.2, -0.15) is 0 Å². The number of thiophene rings is 1. The van der Waals surface area contributed by atoms with Crippen LogP contribution in [0.25, 0.3) is 10.2 Å². The summed E-state index contributed by atoms with van der Waals surface area (Å²) in [7, 11) is 1.60. The highest BCUT2D eigenvalue weighted by atomic mass is 32.2. The number of hydrogen-bond acceptors (Lipinski definition) is 7. The highest BCUT2D eigenvalue weighted by Gasteiger charge is 2.07. The van der Waals surface area contributed by atoms with E-state index in [-0.39, 0.29) is 0 Å². The van der Waals surface area contributed by atoms with Crippen LogP contribution in [0.4, 0.5) is 5.82 Å². The second-order valence-corrected chi connectivity index (χ2v) is 5.83. The van der Waals surface area contributed by atoms with E-state index in [1.54, 1.807) is 18.4 Å². The summed E-state index contributed by atoms with van der Waals surface area (Å²) in [6.45, 7) is 0. The number of nitrogens with two attached hydrogens (primary N) is 1. The summed E-state index contributed by atoms with van der Waals surface area (Å²) in [5, 5.41) is 3.55. The summed E-state index contributed by atoms with van der Waals surface area (Å²) in [5.41, 5.74) is 6.84. The van der Waals surface area contributed by atoms with Crippen molar-refractivity contribution in [2.75, 3.05) is 12.8 Å². The molecule has 3 rings (SSSR count). The summed E-state index contributed by atoms with van der Waals surface area (Å²) in [4.78, 5) is 14.1. The molecule has 0 spiro atoms. The van der Waals surface area contributed by atoms with E-state index in [2.05, 4.69) is 15.0 Å². The monoisotopic (exact) mass is 304 g/mol. The molecule has 102 valence electrons. The minimum atomic E-state index is 0.525. The Bertz CT molecular complexity index is 744. The molecule has 0 saturated heterocycles. The Morgan fingerprint density at radius 3 is 3.00 bits per heavy atom. The van der Waals surface area contributed by atoms with Crippen molar-refractivity contribution in [3.05, 3.63) is 35.3 Å². The van der Waals surface area contributed by atoms with E-state index in [4.69, 9.17) is 10.5 Å². The lowest BCUT2D eigenvalue weighted by Gasteiger charge is -2.04. The van der Waals surface area contributed by atoms with Crippen LogP contribution >= 0.6 is 23.1 Å². The van der Waals surface area contributed by atoms with Crippen LogP contribution in [-0.4, -0.2) is 22.1 Å². The lowest BCUT2D eigenvalue weighted by Crippen LogP contribution is -1.96. The second kappa shape index (κ2) is 5.64. The van der Waals surface area contributed by atoms with Gasteiger partial charge in [-0.05, 0) is 17.5 Å². The van der Waals surface area contributed by atoms with Crippen LogP contribution in [0, 0.1) is 0 Å². The van der Waals surface area contributed by atoms with Crippen molar-refractivity contribution in [3.8, 4) is 5.88 Å². The molecule has 20 heavy (non-hydrogen) atoms. The summed E-state index contributed by atoms with van der Waals surface area (Å²) < 4.78 is 5.10. The van der Waals surface area contributed by atoms with E-state index >= 15 is 0 Å². The molecular formula is C13H12N4OS2. The molecule has 0 bridgehead atoms. The van der Waals surface area contributed by atoms with Gasteiger partial charge < -0.3 is 10.5 Å². The Morgan fingerprint density at radius 1 is 1.25 bits per heavy atom. The molecule has 3 aromatic heterocycles. The van der Waals surface area contributed by atoms with Crippen LogP contribution in [0.3, 0.4) is 0 Å². The number of nitrogen functional groups attached to an aromatic ring is 1. The van der Waals surface area contributed by atoms with E-state index in [9.17, 15) is 0 Å². The lowest BCUT2D eigenvalue weighted by molar-refractivity contribution is 0.397. The molecule has 0 unspecified atom stereocenters. The molecule has 2 N–H and O–H groups in total. The molecule has 5 nitrogen and oxygen atoms in total. The zero-order valence-electron chi connectivity index (χ0n) is 10.7. The third-order valence-electron chi connectivity index (χ3n) is 2.67. The van der Waals surface area contributed by atoms with Crippen LogP contribution in [0.5, 0.6) is 5.88 Å². The number of fused-ring (bicyclic) bond motifs is 1. The van der Waals surface area contributed by atoms with Crippen molar-refractivity contribution in [2.45, 2.75) is 10.9 Å². The zero-order valence-corrected chi connectivity index (χ0v) is 12.4. The van der Waals surface area contributed by atoms with Gasteiger partial charge in [0.1, 0.15) is 10.6 Å². The highest BCUT2D eigenvalue weighted by Crippen LogP contribution is 2.27. The summed E-state index contributed by atoms with van der Waals surface area (Å²) in [6, 6.07) is 7.62. The normalized spacial score (nSPS) is 10.8. The number of aromatic nitrogens is 3. The molecular weight excluding hydrogens is 292 g/mol. The molecule has 0 aliphatic heterocycles. The summed E-state index contributed by atoms with van der Waals surface area (Å²) >= 11 is 3.07. The van der Waals surface area contributed by atoms with Crippen LogP contribution < -0.4 is 10.5 Å². The number of ether oxygens (including phenoxy) is 1. The van der Waals surface area contributed by atoms with Crippen molar-refractivity contribution in [3.63, 3.8) is 0 Å². The van der Waals surface area contributed by atoms with Gasteiger partial charge in [0, 0.05) is 11.8 Å². The van der Waals surface area contributed by atoms with Gasteiger partial charge in [-0.15, -0.1) is 11.3 Å². The number of nitrogens with zero attached hydrogens (tertiary/aromatic N) is 3. The second-order valence-electron chi connectivity index (χ2n) is 3.99. The fourth-order valence-corrected chi connectivity index (χ4v) is 3.30. The first-order valence-electron chi connectivity index (χ1n) is 5.89. The molecule has 0 aromatic carbocycles. The molecule has 7 heteroatoms. The number of methoxy groups -OCH3 is 1.